The lowest BCUT2D eigenvalue weighted by Gasteiger charge is -2.15. The number of pyridine rings is 1. The molecular weight excluding hydrogens is 428 g/mol. The number of aliphatic hydroxyl groups excluding tert-OH is 1. The van der Waals surface area contributed by atoms with Crippen molar-refractivity contribution in [3.63, 3.8) is 0 Å². The number of rotatable bonds is 5. The highest BCUT2D eigenvalue weighted by Crippen LogP contribution is 2.39. The standard InChI is InChI=1S/C20H15Cl2F3N2O2/c21-9-13(28)10-26-19(29)17-8-16(22)14-6-12(11-4-2-1-3-5-11)7-15(18(14)27-17)20(23,24)25/h1-8,13,28H,9-10H2,(H,26,29). The van der Waals surface area contributed by atoms with Crippen LogP contribution in [-0.2, 0) is 6.18 Å². The molecule has 3 rings (SSSR count). The number of halogens is 5. The molecule has 152 valence electrons. The summed E-state index contributed by atoms with van der Waals surface area (Å²) in [5.74, 6) is -0.870. The van der Waals surface area contributed by atoms with Crippen LogP contribution in [0.3, 0.4) is 0 Å². The fourth-order valence-corrected chi connectivity index (χ4v) is 3.13. The van der Waals surface area contributed by atoms with Crippen molar-refractivity contribution < 1.29 is 23.1 Å². The first-order chi connectivity index (χ1) is 13.7. The molecule has 29 heavy (non-hydrogen) atoms. The molecule has 1 aromatic heterocycles. The van der Waals surface area contributed by atoms with E-state index in [0.717, 1.165) is 6.07 Å². The zero-order valence-corrected chi connectivity index (χ0v) is 16.3. The molecule has 1 amide bonds. The normalized spacial score (nSPS) is 12.8. The third-order valence-electron chi connectivity index (χ3n) is 4.18. The van der Waals surface area contributed by atoms with Crippen LogP contribution in [0.25, 0.3) is 22.0 Å². The summed E-state index contributed by atoms with van der Waals surface area (Å²) in [5, 5.41) is 11.8. The van der Waals surface area contributed by atoms with Gasteiger partial charge < -0.3 is 10.4 Å². The number of carbonyl (C=O) groups excluding carboxylic acids is 1. The van der Waals surface area contributed by atoms with E-state index in [1.165, 1.54) is 12.1 Å². The Bertz CT molecular complexity index is 1040. The molecule has 0 saturated heterocycles. The number of aliphatic hydroxyl groups is 1. The highest BCUT2D eigenvalue weighted by atomic mass is 35.5. The molecule has 0 aliphatic heterocycles. The molecule has 1 atom stereocenters. The molecular formula is C20H15Cl2F3N2O2. The van der Waals surface area contributed by atoms with Crippen molar-refractivity contribution in [2.45, 2.75) is 12.3 Å². The van der Waals surface area contributed by atoms with E-state index in [1.54, 1.807) is 30.3 Å². The van der Waals surface area contributed by atoms with Gasteiger partial charge in [-0.1, -0.05) is 41.9 Å². The zero-order chi connectivity index (χ0) is 21.2. The van der Waals surface area contributed by atoms with Crippen LogP contribution >= 0.6 is 23.2 Å². The van der Waals surface area contributed by atoms with Gasteiger partial charge in [0.15, 0.2) is 0 Å². The Morgan fingerprint density at radius 3 is 2.45 bits per heavy atom. The van der Waals surface area contributed by atoms with E-state index in [0.29, 0.717) is 11.1 Å². The second kappa shape index (κ2) is 8.57. The number of amides is 1. The summed E-state index contributed by atoms with van der Waals surface area (Å²) in [6.45, 7) is -0.168. The van der Waals surface area contributed by atoms with Crippen molar-refractivity contribution in [3.8, 4) is 11.1 Å². The van der Waals surface area contributed by atoms with Gasteiger partial charge in [0.1, 0.15) is 5.69 Å². The Balaban J connectivity index is 2.14. The topological polar surface area (TPSA) is 62.2 Å². The number of nitrogens with zero attached hydrogens (tertiary/aromatic N) is 1. The summed E-state index contributed by atoms with van der Waals surface area (Å²) < 4.78 is 41.2. The predicted molar refractivity (Wildman–Crippen MR) is 106 cm³/mol. The van der Waals surface area contributed by atoms with Crippen LogP contribution in [0.15, 0.2) is 48.5 Å². The van der Waals surface area contributed by atoms with Gasteiger partial charge in [-0.25, -0.2) is 4.98 Å². The molecule has 0 aliphatic rings. The van der Waals surface area contributed by atoms with Crippen LogP contribution in [0.4, 0.5) is 13.2 Å². The molecule has 4 nitrogen and oxygen atoms in total. The number of fused-ring (bicyclic) bond motifs is 1. The summed E-state index contributed by atoms with van der Waals surface area (Å²) in [7, 11) is 0. The van der Waals surface area contributed by atoms with Crippen LogP contribution in [0.5, 0.6) is 0 Å². The zero-order valence-electron chi connectivity index (χ0n) is 14.8. The summed E-state index contributed by atoms with van der Waals surface area (Å²) in [6.07, 6.45) is -5.70. The first kappa shape index (κ1) is 21.4. The van der Waals surface area contributed by atoms with Gasteiger partial charge in [-0.15, -0.1) is 11.6 Å². The minimum atomic E-state index is -4.71. The van der Waals surface area contributed by atoms with Gasteiger partial charge in [0.25, 0.3) is 5.91 Å². The fraction of sp³-hybridized carbons (Fsp3) is 0.200. The Kier molecular flexibility index (Phi) is 6.31. The fourth-order valence-electron chi connectivity index (χ4n) is 2.77. The average molecular weight is 443 g/mol. The smallest absolute Gasteiger partial charge is 0.390 e. The number of benzene rings is 2. The van der Waals surface area contributed by atoms with Crippen molar-refractivity contribution in [2.24, 2.45) is 0 Å². The van der Waals surface area contributed by atoms with Crippen molar-refractivity contribution >= 4 is 40.0 Å². The molecule has 2 N–H and O–H groups in total. The molecule has 0 bridgehead atoms. The summed E-state index contributed by atoms with van der Waals surface area (Å²) >= 11 is 11.7. The number of alkyl halides is 4. The monoisotopic (exact) mass is 442 g/mol. The summed E-state index contributed by atoms with van der Waals surface area (Å²) in [4.78, 5) is 16.2. The number of hydrogen-bond acceptors (Lipinski definition) is 3. The van der Waals surface area contributed by atoms with Crippen LogP contribution in [0.2, 0.25) is 5.02 Å². The highest BCUT2D eigenvalue weighted by molar-refractivity contribution is 6.36. The molecule has 0 saturated carbocycles. The van der Waals surface area contributed by atoms with Gasteiger partial charge in [-0.3, -0.25) is 4.79 Å². The van der Waals surface area contributed by atoms with Gasteiger partial charge in [-0.05, 0) is 29.3 Å². The molecule has 0 aliphatic carbocycles. The van der Waals surface area contributed by atoms with Gasteiger partial charge in [0.2, 0.25) is 0 Å². The van der Waals surface area contributed by atoms with Crippen LogP contribution in [0, 0.1) is 0 Å². The van der Waals surface area contributed by atoms with E-state index < -0.39 is 29.3 Å². The third kappa shape index (κ3) is 4.80. The maximum atomic E-state index is 13.7. The Labute approximate surface area is 174 Å². The van der Waals surface area contributed by atoms with Crippen molar-refractivity contribution in [2.75, 3.05) is 12.4 Å². The summed E-state index contributed by atoms with van der Waals surface area (Å²) in [5.41, 5.74) is -0.787. The molecule has 9 heteroatoms. The molecule has 1 unspecified atom stereocenters. The molecule has 1 heterocycles. The minimum absolute atomic E-state index is 0.0404. The van der Waals surface area contributed by atoms with E-state index >= 15 is 0 Å². The van der Waals surface area contributed by atoms with E-state index in [1.807, 2.05) is 0 Å². The molecule has 0 radical (unpaired) electrons. The van der Waals surface area contributed by atoms with E-state index in [4.69, 9.17) is 23.2 Å². The van der Waals surface area contributed by atoms with Gasteiger partial charge in [0.05, 0.1) is 28.1 Å². The summed E-state index contributed by atoms with van der Waals surface area (Å²) in [6, 6.07) is 12.3. The van der Waals surface area contributed by atoms with Crippen LogP contribution in [-0.4, -0.2) is 34.5 Å². The maximum Gasteiger partial charge on any atom is 0.418 e. The van der Waals surface area contributed by atoms with Crippen molar-refractivity contribution in [3.05, 3.63) is 64.8 Å². The Morgan fingerprint density at radius 1 is 1.14 bits per heavy atom. The lowest BCUT2D eigenvalue weighted by atomic mass is 9.99. The molecule has 3 aromatic rings. The van der Waals surface area contributed by atoms with Crippen molar-refractivity contribution in [1.29, 1.82) is 0 Å². The average Bonchev–Trinajstić information content (AvgIpc) is 2.70. The van der Waals surface area contributed by atoms with Gasteiger partial charge in [0, 0.05) is 11.9 Å². The Morgan fingerprint density at radius 2 is 1.83 bits per heavy atom. The maximum absolute atomic E-state index is 13.7. The first-order valence-corrected chi connectivity index (χ1v) is 9.41. The van der Waals surface area contributed by atoms with Gasteiger partial charge >= 0.3 is 6.18 Å². The number of nitrogens with one attached hydrogen (secondary N) is 1. The minimum Gasteiger partial charge on any atom is -0.390 e. The second-order valence-electron chi connectivity index (χ2n) is 6.29. The van der Waals surface area contributed by atoms with Crippen molar-refractivity contribution in [1.82, 2.24) is 10.3 Å². The number of carbonyl (C=O) groups is 1. The number of aromatic nitrogens is 1. The quantitative estimate of drug-likeness (QED) is 0.552. The molecule has 0 spiro atoms. The predicted octanol–water partition coefficient (Wildman–Crippen LogP) is 4.90. The Hall–Kier alpha value is -2.35. The lowest BCUT2D eigenvalue weighted by molar-refractivity contribution is -0.136. The van der Waals surface area contributed by atoms with E-state index in [2.05, 4.69) is 10.3 Å². The van der Waals surface area contributed by atoms with E-state index in [-0.39, 0.29) is 28.5 Å². The highest BCUT2D eigenvalue weighted by Gasteiger charge is 2.34. The van der Waals surface area contributed by atoms with E-state index in [9.17, 15) is 23.1 Å². The number of hydrogen-bond donors (Lipinski definition) is 2. The SMILES string of the molecule is O=C(NCC(O)CCl)c1cc(Cl)c2cc(-c3ccccc3)cc(C(F)(F)F)c2n1. The van der Waals surface area contributed by atoms with Gasteiger partial charge in [-0.2, -0.15) is 13.2 Å². The second-order valence-corrected chi connectivity index (χ2v) is 7.01. The molecule has 2 aromatic carbocycles. The largest absolute Gasteiger partial charge is 0.418 e. The third-order valence-corrected chi connectivity index (χ3v) is 4.85. The lowest BCUT2D eigenvalue weighted by Crippen LogP contribution is -2.33. The first-order valence-electron chi connectivity index (χ1n) is 8.50. The van der Waals surface area contributed by atoms with Crippen LogP contribution in [0.1, 0.15) is 16.1 Å². The molecule has 0 fully saturated rings. The van der Waals surface area contributed by atoms with Crippen LogP contribution < -0.4 is 5.32 Å².